The average Bonchev–Trinajstić information content (AvgIpc) is 2.38. The van der Waals surface area contributed by atoms with E-state index in [0.717, 1.165) is 0 Å². The van der Waals surface area contributed by atoms with Crippen LogP contribution in [0.1, 0.15) is 21.5 Å². The van der Waals surface area contributed by atoms with E-state index in [2.05, 4.69) is 10.1 Å². The van der Waals surface area contributed by atoms with Crippen LogP contribution in [0.3, 0.4) is 0 Å². The zero-order valence-corrected chi connectivity index (χ0v) is 12.2. The highest BCUT2D eigenvalue weighted by atomic mass is 19.3. The van der Waals surface area contributed by atoms with E-state index < -0.39 is 6.61 Å². The number of rotatable bonds is 6. The fourth-order valence-corrected chi connectivity index (χ4v) is 1.95. The molecular formula is C14H20F2N2O2. The molecule has 1 rings (SSSR count). The number of likely N-dealkylation sites (N-methyl/N-ethyl adjacent to an activating group) is 2. The SMILES string of the molecule is CNCCN(C)C(=O)c1cc(C)c(OC(F)F)c(C)c1. The van der Waals surface area contributed by atoms with E-state index in [9.17, 15) is 13.6 Å². The molecule has 0 bridgehead atoms. The minimum atomic E-state index is -2.87. The zero-order valence-electron chi connectivity index (χ0n) is 12.2. The van der Waals surface area contributed by atoms with Crippen molar-refractivity contribution in [2.75, 3.05) is 27.2 Å². The van der Waals surface area contributed by atoms with E-state index in [-0.39, 0.29) is 11.7 Å². The summed E-state index contributed by atoms with van der Waals surface area (Å²) >= 11 is 0. The van der Waals surface area contributed by atoms with Gasteiger partial charge in [0.25, 0.3) is 5.91 Å². The molecule has 0 spiro atoms. The number of hydrogen-bond acceptors (Lipinski definition) is 3. The van der Waals surface area contributed by atoms with Crippen molar-refractivity contribution in [2.24, 2.45) is 0 Å². The molecule has 0 saturated heterocycles. The maximum atomic E-state index is 12.3. The van der Waals surface area contributed by atoms with Crippen LogP contribution in [0.25, 0.3) is 0 Å². The Bertz CT molecular complexity index is 455. The van der Waals surface area contributed by atoms with E-state index in [0.29, 0.717) is 29.8 Å². The third kappa shape index (κ3) is 4.16. The van der Waals surface area contributed by atoms with Crippen molar-refractivity contribution in [2.45, 2.75) is 20.5 Å². The molecule has 0 aromatic heterocycles. The summed E-state index contributed by atoms with van der Waals surface area (Å²) in [6.45, 7) is 1.69. The molecule has 6 heteroatoms. The maximum Gasteiger partial charge on any atom is 0.387 e. The fourth-order valence-electron chi connectivity index (χ4n) is 1.95. The molecule has 0 heterocycles. The summed E-state index contributed by atoms with van der Waals surface area (Å²) < 4.78 is 29.1. The summed E-state index contributed by atoms with van der Waals surface area (Å²) in [4.78, 5) is 13.8. The Hall–Kier alpha value is -1.69. The molecular weight excluding hydrogens is 266 g/mol. The molecule has 0 aliphatic carbocycles. The van der Waals surface area contributed by atoms with Crippen molar-refractivity contribution in [1.29, 1.82) is 0 Å². The molecule has 0 unspecified atom stereocenters. The molecule has 1 aromatic rings. The zero-order chi connectivity index (χ0) is 15.3. The first-order valence-electron chi connectivity index (χ1n) is 6.33. The molecule has 1 N–H and O–H groups in total. The van der Waals surface area contributed by atoms with E-state index in [1.165, 1.54) is 0 Å². The number of hydrogen-bond donors (Lipinski definition) is 1. The van der Waals surface area contributed by atoms with E-state index in [1.54, 1.807) is 37.9 Å². The Morgan fingerprint density at radius 3 is 2.35 bits per heavy atom. The van der Waals surface area contributed by atoms with Crippen LogP contribution < -0.4 is 10.1 Å². The number of carbonyl (C=O) groups excluding carboxylic acids is 1. The molecule has 0 radical (unpaired) electrons. The number of alkyl halides is 2. The lowest BCUT2D eigenvalue weighted by atomic mass is 10.0. The number of nitrogens with one attached hydrogen (secondary N) is 1. The van der Waals surface area contributed by atoms with Crippen molar-refractivity contribution in [3.8, 4) is 5.75 Å². The molecule has 0 saturated carbocycles. The predicted molar refractivity (Wildman–Crippen MR) is 73.4 cm³/mol. The van der Waals surface area contributed by atoms with Gasteiger partial charge in [-0.15, -0.1) is 0 Å². The predicted octanol–water partition coefficient (Wildman–Crippen LogP) is 2.20. The van der Waals surface area contributed by atoms with Gasteiger partial charge in [-0.05, 0) is 44.2 Å². The standard InChI is InChI=1S/C14H20F2N2O2/c1-9-7-11(13(19)18(4)6-5-17-3)8-10(2)12(9)20-14(15)16/h7-8,14,17H,5-6H2,1-4H3. The van der Waals surface area contributed by atoms with Crippen LogP contribution in [0.5, 0.6) is 5.75 Å². The Morgan fingerprint density at radius 1 is 1.35 bits per heavy atom. The summed E-state index contributed by atoms with van der Waals surface area (Å²) in [6, 6.07) is 3.14. The third-order valence-electron chi connectivity index (χ3n) is 2.96. The normalized spacial score (nSPS) is 10.8. The highest BCUT2D eigenvalue weighted by Gasteiger charge is 2.16. The van der Waals surface area contributed by atoms with E-state index >= 15 is 0 Å². The Kier molecular flexibility index (Phi) is 5.88. The second-order valence-electron chi connectivity index (χ2n) is 4.65. The minimum Gasteiger partial charge on any atom is -0.434 e. The first-order valence-corrected chi connectivity index (χ1v) is 6.33. The van der Waals surface area contributed by atoms with Crippen molar-refractivity contribution in [3.63, 3.8) is 0 Å². The van der Waals surface area contributed by atoms with Crippen molar-refractivity contribution >= 4 is 5.91 Å². The second-order valence-corrected chi connectivity index (χ2v) is 4.65. The highest BCUT2D eigenvalue weighted by molar-refractivity contribution is 5.94. The summed E-state index contributed by atoms with van der Waals surface area (Å²) in [7, 11) is 3.51. The van der Waals surface area contributed by atoms with Gasteiger partial charge in [-0.2, -0.15) is 8.78 Å². The number of ether oxygens (including phenoxy) is 1. The topological polar surface area (TPSA) is 41.6 Å². The lowest BCUT2D eigenvalue weighted by Gasteiger charge is -2.19. The monoisotopic (exact) mass is 286 g/mol. The number of nitrogens with zero attached hydrogens (tertiary/aromatic N) is 1. The van der Waals surface area contributed by atoms with Gasteiger partial charge in [0.05, 0.1) is 0 Å². The largest absolute Gasteiger partial charge is 0.434 e. The van der Waals surface area contributed by atoms with Crippen molar-refractivity contribution in [3.05, 3.63) is 28.8 Å². The van der Waals surface area contributed by atoms with Crippen LogP contribution in [0, 0.1) is 13.8 Å². The quantitative estimate of drug-likeness (QED) is 0.871. The van der Waals surface area contributed by atoms with Gasteiger partial charge < -0.3 is 15.0 Å². The van der Waals surface area contributed by atoms with Crippen LogP contribution in [0.15, 0.2) is 12.1 Å². The van der Waals surface area contributed by atoms with Gasteiger partial charge >= 0.3 is 6.61 Å². The van der Waals surface area contributed by atoms with Crippen LogP contribution in [0.2, 0.25) is 0 Å². The Morgan fingerprint density at radius 2 is 1.90 bits per heavy atom. The lowest BCUT2D eigenvalue weighted by Crippen LogP contribution is -2.32. The minimum absolute atomic E-state index is 0.134. The van der Waals surface area contributed by atoms with E-state index in [4.69, 9.17) is 0 Å². The summed E-state index contributed by atoms with van der Waals surface area (Å²) in [6.07, 6.45) is 0. The Balaban J connectivity index is 2.95. The van der Waals surface area contributed by atoms with Crippen LogP contribution in [-0.4, -0.2) is 44.6 Å². The summed E-state index contributed by atoms with van der Waals surface area (Å²) in [5.74, 6) is -0.00975. The van der Waals surface area contributed by atoms with Crippen LogP contribution in [0.4, 0.5) is 8.78 Å². The molecule has 1 amide bonds. The molecule has 112 valence electrons. The Labute approximate surface area is 117 Å². The first-order chi connectivity index (χ1) is 9.36. The van der Waals surface area contributed by atoms with Gasteiger partial charge in [0.1, 0.15) is 5.75 Å². The number of carbonyl (C=O) groups is 1. The molecule has 1 aromatic carbocycles. The first kappa shape index (κ1) is 16.4. The van der Waals surface area contributed by atoms with Gasteiger partial charge in [-0.25, -0.2) is 0 Å². The lowest BCUT2D eigenvalue weighted by molar-refractivity contribution is -0.0507. The molecule has 0 aliphatic heterocycles. The summed E-state index contributed by atoms with van der Waals surface area (Å²) in [5, 5.41) is 2.96. The number of halogens is 2. The summed E-state index contributed by atoms with van der Waals surface area (Å²) in [5.41, 5.74) is 1.52. The highest BCUT2D eigenvalue weighted by Crippen LogP contribution is 2.26. The van der Waals surface area contributed by atoms with Crippen LogP contribution in [-0.2, 0) is 0 Å². The molecule has 0 atom stereocenters. The smallest absolute Gasteiger partial charge is 0.387 e. The molecule has 20 heavy (non-hydrogen) atoms. The molecule has 0 fully saturated rings. The van der Waals surface area contributed by atoms with Gasteiger partial charge in [0.15, 0.2) is 0 Å². The fraction of sp³-hybridized carbons (Fsp3) is 0.500. The average molecular weight is 286 g/mol. The van der Waals surface area contributed by atoms with Crippen molar-refractivity contribution < 1.29 is 18.3 Å². The molecule has 0 aliphatic rings. The van der Waals surface area contributed by atoms with Gasteiger partial charge in [0, 0.05) is 25.7 Å². The van der Waals surface area contributed by atoms with Gasteiger partial charge in [-0.3, -0.25) is 4.79 Å². The van der Waals surface area contributed by atoms with Crippen LogP contribution >= 0.6 is 0 Å². The third-order valence-corrected chi connectivity index (χ3v) is 2.96. The number of benzene rings is 1. The second kappa shape index (κ2) is 7.19. The van der Waals surface area contributed by atoms with Gasteiger partial charge in [-0.1, -0.05) is 0 Å². The van der Waals surface area contributed by atoms with Crippen molar-refractivity contribution in [1.82, 2.24) is 10.2 Å². The molecule has 4 nitrogen and oxygen atoms in total. The van der Waals surface area contributed by atoms with E-state index in [1.807, 2.05) is 7.05 Å². The number of aryl methyl sites for hydroxylation is 2. The number of amides is 1. The van der Waals surface area contributed by atoms with Gasteiger partial charge in [0.2, 0.25) is 0 Å². The maximum absolute atomic E-state index is 12.3.